The zero-order valence-corrected chi connectivity index (χ0v) is 20.5. The largest absolute Gasteiger partial charge is 0.460 e. The van der Waals surface area contributed by atoms with Gasteiger partial charge in [-0.1, -0.05) is 0 Å². The van der Waals surface area contributed by atoms with Crippen molar-refractivity contribution in [1.82, 2.24) is 0 Å². The van der Waals surface area contributed by atoms with E-state index in [1.165, 1.54) is 0 Å². The maximum absolute atomic E-state index is 14.8. The molecule has 0 aliphatic heterocycles. The van der Waals surface area contributed by atoms with Crippen molar-refractivity contribution in [2.24, 2.45) is 0 Å². The van der Waals surface area contributed by atoms with Crippen molar-refractivity contribution in [2.75, 3.05) is 0 Å². The Morgan fingerprint density at radius 3 is 0.727 bits per heavy atom. The fourth-order valence-electron chi connectivity index (χ4n) is 2.27. The standard InChI is InChI=1S/C14H12F16I2O/c1-5(2,11(23,31)7(15,16)9(19,20)13(25,26)27)33-6(3,4)12(24,32)8(17,18)10(21,22)14(28,29)30/h1-4H3. The van der Waals surface area contributed by atoms with Gasteiger partial charge < -0.3 is 4.74 Å². The van der Waals surface area contributed by atoms with E-state index < -0.39 is 54.6 Å². The third-order valence-corrected chi connectivity index (χ3v) is 8.26. The Hall–Kier alpha value is 0.300. The van der Waals surface area contributed by atoms with Gasteiger partial charge in [-0.15, -0.1) is 0 Å². The van der Waals surface area contributed by atoms with Crippen molar-refractivity contribution in [3.63, 3.8) is 0 Å². The highest BCUT2D eigenvalue weighted by atomic mass is 127. The Morgan fingerprint density at radius 2 is 0.576 bits per heavy atom. The molecular formula is C14H12F16I2O. The highest BCUT2D eigenvalue weighted by Gasteiger charge is 2.85. The lowest BCUT2D eigenvalue weighted by Gasteiger charge is -2.50. The second kappa shape index (κ2) is 8.42. The zero-order chi connectivity index (χ0) is 27.7. The van der Waals surface area contributed by atoms with Crippen molar-refractivity contribution < 1.29 is 75.0 Å². The molecule has 0 saturated carbocycles. The fraction of sp³-hybridized carbons (Fsp3) is 1.00. The molecule has 2 unspecified atom stereocenters. The van der Waals surface area contributed by atoms with Crippen molar-refractivity contribution in [2.45, 2.75) is 82.3 Å². The first kappa shape index (κ1) is 33.3. The van der Waals surface area contributed by atoms with Crippen LogP contribution in [0.3, 0.4) is 0 Å². The van der Waals surface area contributed by atoms with Gasteiger partial charge in [-0.2, -0.15) is 61.5 Å². The second-order valence-corrected chi connectivity index (χ2v) is 10.5. The molecule has 0 amide bonds. The summed E-state index contributed by atoms with van der Waals surface area (Å²) >= 11 is -0.635. The van der Waals surface area contributed by atoms with Gasteiger partial charge in [0.25, 0.3) is 7.35 Å². The number of hydrogen-bond donors (Lipinski definition) is 0. The van der Waals surface area contributed by atoms with E-state index >= 15 is 0 Å². The Morgan fingerprint density at radius 1 is 0.394 bits per heavy atom. The number of alkyl halides is 18. The predicted octanol–water partition coefficient (Wildman–Crippen LogP) is 8.43. The molecule has 0 fully saturated rings. The van der Waals surface area contributed by atoms with Crippen LogP contribution in [0.2, 0.25) is 0 Å². The van der Waals surface area contributed by atoms with Gasteiger partial charge in [-0.3, -0.25) is 0 Å². The monoisotopic (exact) mass is 754 g/mol. The molecule has 0 rings (SSSR count). The number of hydrogen-bond acceptors (Lipinski definition) is 1. The summed E-state index contributed by atoms with van der Waals surface area (Å²) in [4.78, 5) is 0. The highest BCUT2D eigenvalue weighted by molar-refractivity contribution is 14.1. The molecule has 0 heterocycles. The van der Waals surface area contributed by atoms with Gasteiger partial charge in [0.2, 0.25) is 0 Å². The topological polar surface area (TPSA) is 9.23 Å². The molecule has 1 nitrogen and oxygen atoms in total. The van der Waals surface area contributed by atoms with Gasteiger partial charge in [0.1, 0.15) is 11.2 Å². The summed E-state index contributed by atoms with van der Waals surface area (Å²) in [6.07, 6.45) is -14.1. The van der Waals surface area contributed by atoms with Crippen molar-refractivity contribution in [1.29, 1.82) is 0 Å². The Balaban J connectivity index is 6.59. The molecule has 0 aliphatic rings. The SMILES string of the molecule is CC(C)(OC(C)(C)C(F)(I)C(F)(F)C(F)(F)C(F)(F)F)C(F)(I)C(F)(F)C(F)(F)C(F)(F)F. The summed E-state index contributed by atoms with van der Waals surface area (Å²) < 4.78 is 207. The Kier molecular flexibility index (Phi) is 8.50. The maximum atomic E-state index is 14.8. The molecule has 0 saturated heterocycles. The zero-order valence-electron chi connectivity index (χ0n) is 16.2. The van der Waals surface area contributed by atoms with Crippen molar-refractivity contribution in [3.05, 3.63) is 0 Å². The lowest BCUT2D eigenvalue weighted by atomic mass is 9.88. The van der Waals surface area contributed by atoms with Crippen LogP contribution in [0.5, 0.6) is 0 Å². The van der Waals surface area contributed by atoms with E-state index in [-0.39, 0.29) is 72.9 Å². The van der Waals surface area contributed by atoms with E-state index in [1.807, 2.05) is 0 Å². The molecule has 2 atom stereocenters. The smallest absolute Gasteiger partial charge is 0.361 e. The minimum absolute atomic E-state index is 0.0612. The van der Waals surface area contributed by atoms with Crippen LogP contribution in [-0.2, 0) is 4.74 Å². The van der Waals surface area contributed by atoms with Gasteiger partial charge in [0, 0.05) is 0 Å². The molecular weight excluding hydrogens is 742 g/mol. The number of rotatable bonds is 8. The van der Waals surface area contributed by atoms with E-state index in [2.05, 4.69) is 4.74 Å². The van der Waals surface area contributed by atoms with Crippen LogP contribution in [0.4, 0.5) is 70.2 Å². The summed E-state index contributed by atoms with van der Waals surface area (Å²) in [5.74, 6) is -27.7. The summed E-state index contributed by atoms with van der Waals surface area (Å²) in [7, 11) is 0. The van der Waals surface area contributed by atoms with Crippen LogP contribution in [0.15, 0.2) is 0 Å². The number of ether oxygens (including phenoxy) is 1. The molecule has 0 aliphatic carbocycles. The average molecular weight is 754 g/mol. The van der Waals surface area contributed by atoms with E-state index in [4.69, 9.17) is 0 Å². The fourth-order valence-corrected chi connectivity index (χ4v) is 3.17. The van der Waals surface area contributed by atoms with Crippen LogP contribution < -0.4 is 0 Å². The molecule has 33 heavy (non-hydrogen) atoms. The van der Waals surface area contributed by atoms with Crippen molar-refractivity contribution in [3.8, 4) is 0 Å². The normalized spacial score (nSPS) is 19.8. The maximum Gasteiger partial charge on any atom is 0.460 e. The highest BCUT2D eigenvalue weighted by Crippen LogP contribution is 2.62. The van der Waals surface area contributed by atoms with E-state index in [1.54, 1.807) is 0 Å². The van der Waals surface area contributed by atoms with Crippen molar-refractivity contribution >= 4 is 45.2 Å². The molecule has 0 radical (unpaired) electrons. The van der Waals surface area contributed by atoms with Gasteiger partial charge in [-0.05, 0) is 72.9 Å². The summed E-state index contributed by atoms with van der Waals surface area (Å²) in [5, 5.41) is 0. The van der Waals surface area contributed by atoms with Gasteiger partial charge in [0.15, 0.2) is 0 Å². The summed E-state index contributed by atoms with van der Waals surface area (Å²) in [5.41, 5.74) is -7.69. The first-order chi connectivity index (χ1) is 13.7. The summed E-state index contributed by atoms with van der Waals surface area (Å²) in [6.45, 7) is -0.245. The lowest BCUT2D eigenvalue weighted by Crippen LogP contribution is -2.71. The Bertz CT molecular complexity index is 660. The minimum atomic E-state index is -7.12. The third kappa shape index (κ3) is 4.84. The molecule has 0 aromatic heterocycles. The molecule has 0 spiro atoms. The van der Waals surface area contributed by atoms with Gasteiger partial charge in [-0.25, -0.2) is 8.78 Å². The van der Waals surface area contributed by atoms with E-state index in [0.717, 1.165) is 0 Å². The van der Waals surface area contributed by atoms with E-state index in [0.29, 0.717) is 0 Å². The van der Waals surface area contributed by atoms with E-state index in [9.17, 15) is 70.2 Å². The number of halogens is 18. The third-order valence-electron chi connectivity index (χ3n) is 4.31. The molecule has 200 valence electrons. The second-order valence-electron chi connectivity index (χ2n) is 7.56. The van der Waals surface area contributed by atoms with Crippen LogP contribution in [-0.4, -0.2) is 54.6 Å². The van der Waals surface area contributed by atoms with Crippen LogP contribution >= 0.6 is 45.2 Å². The predicted molar refractivity (Wildman–Crippen MR) is 96.9 cm³/mol. The molecule has 0 aromatic rings. The van der Waals surface area contributed by atoms with Crippen LogP contribution in [0.25, 0.3) is 0 Å². The molecule has 19 heteroatoms. The summed E-state index contributed by atoms with van der Waals surface area (Å²) in [6, 6.07) is 0. The molecule has 0 aromatic carbocycles. The molecule has 0 bridgehead atoms. The van der Waals surface area contributed by atoms with Crippen LogP contribution in [0.1, 0.15) is 27.7 Å². The first-order valence-corrected chi connectivity index (χ1v) is 9.97. The van der Waals surface area contributed by atoms with Gasteiger partial charge >= 0.3 is 36.0 Å². The minimum Gasteiger partial charge on any atom is -0.361 e. The van der Waals surface area contributed by atoms with Gasteiger partial charge in [0.05, 0.1) is 0 Å². The Labute approximate surface area is 202 Å². The van der Waals surface area contributed by atoms with Crippen LogP contribution in [0, 0.1) is 0 Å². The average Bonchev–Trinajstić information content (AvgIpc) is 2.50. The first-order valence-electron chi connectivity index (χ1n) is 7.81. The quantitative estimate of drug-likeness (QED) is 0.138. The lowest BCUT2D eigenvalue weighted by molar-refractivity contribution is -0.391. The molecule has 0 N–H and O–H groups in total.